The van der Waals surface area contributed by atoms with Crippen molar-refractivity contribution in [2.45, 2.75) is 135 Å². The molecule has 0 aliphatic carbocycles. The van der Waals surface area contributed by atoms with Gasteiger partial charge >= 0.3 is 0 Å². The lowest BCUT2D eigenvalue weighted by molar-refractivity contribution is -0.822. The fourth-order valence-corrected chi connectivity index (χ4v) is 4.56. The second-order valence-corrected chi connectivity index (χ2v) is 11.8. The Hall–Kier alpha value is -4.88. The maximum atomic E-state index is 4.96. The maximum absolute atomic E-state index is 4.96. The largest absolute Gasteiger partial charge is 0.250 e. The summed E-state index contributed by atoms with van der Waals surface area (Å²) in [5, 5.41) is 0. The molecule has 0 aliphatic rings. The van der Waals surface area contributed by atoms with Crippen molar-refractivity contribution in [2.75, 3.05) is 20.6 Å². The molecule has 0 aliphatic heterocycles. The topological polar surface area (TPSA) is 0 Å². The summed E-state index contributed by atoms with van der Waals surface area (Å²) in [7, 11) is 4.24. The third-order valence-electron chi connectivity index (χ3n) is 7.13. The van der Waals surface area contributed by atoms with E-state index in [9.17, 15) is 0 Å². The molecule has 0 heterocycles. The van der Waals surface area contributed by atoms with E-state index in [1.54, 1.807) is 0 Å². The minimum atomic E-state index is 0.644. The quantitative estimate of drug-likeness (QED) is 0.0688. The molecule has 0 aromatic carbocycles. The Morgan fingerprint density at radius 2 is 0.553 bits per heavy atom. The smallest absolute Gasteiger partial charge is 0.151 e. The Morgan fingerprint density at radius 3 is 0.830 bits per heavy atom. The highest BCUT2D eigenvalue weighted by molar-refractivity contribution is 5.47. The first kappa shape index (κ1) is 42.1. The summed E-state index contributed by atoms with van der Waals surface area (Å²) >= 11 is 0. The summed E-state index contributed by atoms with van der Waals surface area (Å²) in [6.45, 7) is 3.32. The first-order chi connectivity index (χ1) is 23.1. The summed E-state index contributed by atoms with van der Waals surface area (Å²) < 4.78 is 0.644. The van der Waals surface area contributed by atoms with Crippen LogP contribution in [0.15, 0.2) is 0 Å². The van der Waals surface area contributed by atoms with Gasteiger partial charge in [0.05, 0.1) is 26.6 Å². The zero-order chi connectivity index (χ0) is 34.2. The molecule has 0 rings (SSSR count). The van der Waals surface area contributed by atoms with Crippen LogP contribution in [0.4, 0.5) is 0 Å². The van der Waals surface area contributed by atoms with E-state index in [-0.39, 0.29) is 0 Å². The summed E-state index contributed by atoms with van der Waals surface area (Å²) in [6.07, 6.45) is 33.0. The van der Waals surface area contributed by atoms with E-state index in [2.05, 4.69) is 145 Å². The molecule has 240 valence electrons. The summed E-state index contributed by atoms with van der Waals surface area (Å²) in [5.74, 6) is 51.1. The second-order valence-electron chi connectivity index (χ2n) is 11.8. The van der Waals surface area contributed by atoms with E-state index in [0.29, 0.717) is 4.48 Å². The number of hydrogen-bond donors (Lipinski definition) is 0. The molecular weight excluding hydrogens is 567 g/mol. The number of nitrogens with zero attached hydrogens (tertiary/aromatic N) is 1. The number of quaternary nitrogens is 1. The molecule has 0 bridgehead atoms. The highest BCUT2D eigenvalue weighted by Gasteiger charge is 2.10. The minimum Gasteiger partial charge on any atom is -0.250 e. The lowest BCUT2D eigenvalue weighted by atomic mass is 10.0. The SMILES string of the molecule is C#CC#CC#CC#CC#CC#CC#CC#CC#CC#CC#C[N+](C)(C)CCCCCCCCCCCCCCCCCCCCCC. The average molecular weight is 619 g/mol. The standard InChI is InChI=1S/C46H52N/c1-5-7-9-11-13-15-17-19-21-23-25-27-29-31-33-35-37-39-41-43-45-47(3,4)46-44-42-40-38-36-34-32-30-28-26-24-22-20-18-16-14-12-10-8-6-2/h1H,6,8,10,12,14,16,18,20,22,24,26,28,30,32,34,36,38,40,42,44,46H2,2-4H3/q+1. The fourth-order valence-electron chi connectivity index (χ4n) is 4.56. The van der Waals surface area contributed by atoms with E-state index >= 15 is 0 Å². The third-order valence-corrected chi connectivity index (χ3v) is 7.13. The molecule has 0 atom stereocenters. The normalized spacial score (nSPS) is 8.38. The summed E-state index contributed by atoms with van der Waals surface area (Å²) in [6, 6.07) is 3.21. The Bertz CT molecular complexity index is 1560. The predicted molar refractivity (Wildman–Crippen MR) is 202 cm³/mol. The summed E-state index contributed by atoms with van der Waals surface area (Å²) in [4.78, 5) is 0. The van der Waals surface area contributed by atoms with Crippen LogP contribution in [-0.4, -0.2) is 25.1 Å². The molecule has 1 heteroatoms. The van der Waals surface area contributed by atoms with Crippen LogP contribution in [0.1, 0.15) is 135 Å². The zero-order valence-corrected chi connectivity index (χ0v) is 29.4. The highest BCUT2D eigenvalue weighted by atomic mass is 15.3. The molecule has 0 spiro atoms. The van der Waals surface area contributed by atoms with Crippen LogP contribution in [0.5, 0.6) is 0 Å². The van der Waals surface area contributed by atoms with Gasteiger partial charge in [0.15, 0.2) is 6.04 Å². The molecule has 0 unspecified atom stereocenters. The second kappa shape index (κ2) is 35.6. The van der Waals surface area contributed by atoms with E-state index < -0.39 is 0 Å². The predicted octanol–water partition coefficient (Wildman–Crippen LogP) is 8.51. The van der Waals surface area contributed by atoms with Crippen LogP contribution in [0.3, 0.4) is 0 Å². The third kappa shape index (κ3) is 37.2. The van der Waals surface area contributed by atoms with Gasteiger partial charge < -0.3 is 0 Å². The molecule has 0 aromatic rings. The van der Waals surface area contributed by atoms with Crippen LogP contribution in [0, 0.1) is 131 Å². The number of unbranched alkanes of at least 4 members (excludes halogenated alkanes) is 19. The first-order valence-electron chi connectivity index (χ1n) is 17.4. The molecule has 0 N–H and O–H groups in total. The van der Waals surface area contributed by atoms with Gasteiger partial charge in [-0.2, -0.15) is 0 Å². The van der Waals surface area contributed by atoms with Crippen molar-refractivity contribution in [1.82, 2.24) is 0 Å². The lowest BCUT2D eigenvalue weighted by Crippen LogP contribution is -2.34. The van der Waals surface area contributed by atoms with Crippen molar-refractivity contribution in [3.8, 4) is 131 Å². The van der Waals surface area contributed by atoms with Crippen molar-refractivity contribution < 1.29 is 4.48 Å². The van der Waals surface area contributed by atoms with Crippen molar-refractivity contribution in [2.24, 2.45) is 0 Å². The van der Waals surface area contributed by atoms with Crippen LogP contribution >= 0.6 is 0 Å². The van der Waals surface area contributed by atoms with E-state index in [1.165, 1.54) is 128 Å². The fraction of sp³-hybridized carbons (Fsp3) is 0.522. The Balaban J connectivity index is 3.87. The maximum Gasteiger partial charge on any atom is 0.151 e. The van der Waals surface area contributed by atoms with Crippen LogP contribution in [-0.2, 0) is 0 Å². The molecule has 0 saturated carbocycles. The van der Waals surface area contributed by atoms with Gasteiger partial charge in [0, 0.05) is 65.1 Å². The van der Waals surface area contributed by atoms with Crippen LogP contribution in [0.2, 0.25) is 0 Å². The molecule has 1 nitrogen and oxygen atoms in total. The van der Waals surface area contributed by atoms with Crippen molar-refractivity contribution in [1.29, 1.82) is 0 Å². The summed E-state index contributed by atoms with van der Waals surface area (Å²) in [5.41, 5.74) is 0. The lowest BCUT2D eigenvalue weighted by Gasteiger charge is -2.20. The van der Waals surface area contributed by atoms with Gasteiger partial charge in [0.1, 0.15) is 0 Å². The van der Waals surface area contributed by atoms with Crippen molar-refractivity contribution in [3.63, 3.8) is 0 Å². The van der Waals surface area contributed by atoms with Gasteiger partial charge in [0.2, 0.25) is 0 Å². The molecule has 0 amide bonds. The monoisotopic (exact) mass is 618 g/mol. The van der Waals surface area contributed by atoms with Gasteiger partial charge in [-0.05, 0) is 60.2 Å². The van der Waals surface area contributed by atoms with E-state index in [4.69, 9.17) is 6.42 Å². The van der Waals surface area contributed by atoms with E-state index in [1.807, 2.05) is 0 Å². The van der Waals surface area contributed by atoms with Gasteiger partial charge in [-0.25, -0.2) is 0 Å². The van der Waals surface area contributed by atoms with Gasteiger partial charge in [-0.1, -0.05) is 122 Å². The molecule has 0 saturated heterocycles. The highest BCUT2D eigenvalue weighted by Crippen LogP contribution is 2.15. The van der Waals surface area contributed by atoms with Gasteiger partial charge in [0.25, 0.3) is 0 Å². The molecule has 0 radical (unpaired) electrons. The van der Waals surface area contributed by atoms with Crippen molar-refractivity contribution >= 4 is 0 Å². The van der Waals surface area contributed by atoms with Crippen LogP contribution in [0.25, 0.3) is 0 Å². The Labute approximate surface area is 290 Å². The Morgan fingerprint density at radius 1 is 0.319 bits per heavy atom. The molecule has 47 heavy (non-hydrogen) atoms. The Kier molecular flexibility index (Phi) is 31.9. The molecular formula is C46H52N+. The average Bonchev–Trinajstić information content (AvgIpc) is 3.06. The number of terminal acetylenes is 1. The molecule has 0 aromatic heterocycles. The van der Waals surface area contributed by atoms with Gasteiger partial charge in [-0.15, -0.1) is 6.42 Å². The minimum absolute atomic E-state index is 0.644. The van der Waals surface area contributed by atoms with Crippen LogP contribution < -0.4 is 0 Å². The first-order valence-corrected chi connectivity index (χ1v) is 17.4. The number of rotatable bonds is 21. The number of hydrogen-bond acceptors (Lipinski definition) is 0. The van der Waals surface area contributed by atoms with Crippen molar-refractivity contribution in [3.05, 3.63) is 0 Å². The van der Waals surface area contributed by atoms with E-state index in [0.717, 1.165) is 6.54 Å². The molecule has 0 fully saturated rings. The van der Waals surface area contributed by atoms with Gasteiger partial charge in [-0.3, -0.25) is 4.48 Å². The zero-order valence-electron chi connectivity index (χ0n) is 29.4.